The second kappa shape index (κ2) is 8.93. The number of nitrogens with one attached hydrogen (secondary N) is 1. The number of anilines is 2. The molecule has 0 radical (unpaired) electrons. The van der Waals surface area contributed by atoms with Gasteiger partial charge >= 0.3 is 6.09 Å². The molecule has 11 heteroatoms. The molecule has 2 amide bonds. The number of hydrogen-bond acceptors (Lipinski definition) is 7. The van der Waals surface area contributed by atoms with Crippen molar-refractivity contribution < 1.29 is 19.4 Å². The maximum absolute atomic E-state index is 13.0. The molecule has 1 saturated heterocycles. The van der Waals surface area contributed by atoms with E-state index in [2.05, 4.69) is 20.5 Å². The molecule has 4 rings (SSSR count). The molecule has 11 nitrogen and oxygen atoms in total. The van der Waals surface area contributed by atoms with Gasteiger partial charge in [0.25, 0.3) is 5.91 Å². The van der Waals surface area contributed by atoms with Crippen molar-refractivity contribution in [3.05, 3.63) is 41.9 Å². The smallest absolute Gasteiger partial charge is 0.407 e. The SMILES string of the molecule is Cc1cn2cc(C(=O)Nc3ccc(N4CCN(C(=O)O)C(C)C4)nn3)c(OC(C)C)cc2n1. The van der Waals surface area contributed by atoms with Crippen LogP contribution in [-0.2, 0) is 0 Å². The lowest BCUT2D eigenvalue weighted by atomic mass is 10.2. The number of carbonyl (C=O) groups excluding carboxylic acids is 1. The number of amides is 2. The Hall–Kier alpha value is -3.89. The number of nitrogens with zero attached hydrogens (tertiary/aromatic N) is 6. The number of aryl methyl sites for hydroxylation is 1. The summed E-state index contributed by atoms with van der Waals surface area (Å²) in [6.45, 7) is 8.97. The van der Waals surface area contributed by atoms with E-state index in [9.17, 15) is 14.7 Å². The summed E-state index contributed by atoms with van der Waals surface area (Å²) >= 11 is 0. The molecule has 174 valence electrons. The molecule has 3 aromatic rings. The van der Waals surface area contributed by atoms with Crippen molar-refractivity contribution in [2.45, 2.75) is 39.8 Å². The van der Waals surface area contributed by atoms with E-state index in [1.54, 1.807) is 28.8 Å². The zero-order chi connectivity index (χ0) is 23.7. The highest BCUT2D eigenvalue weighted by molar-refractivity contribution is 6.05. The van der Waals surface area contributed by atoms with Crippen LogP contribution in [0.15, 0.2) is 30.6 Å². The summed E-state index contributed by atoms with van der Waals surface area (Å²) < 4.78 is 7.63. The van der Waals surface area contributed by atoms with E-state index in [0.717, 1.165) is 5.69 Å². The predicted octanol–water partition coefficient (Wildman–Crippen LogP) is 2.66. The second-order valence-corrected chi connectivity index (χ2v) is 8.37. The van der Waals surface area contributed by atoms with E-state index in [4.69, 9.17) is 4.74 Å². The number of hydrogen-bond donors (Lipinski definition) is 2. The minimum atomic E-state index is -0.920. The van der Waals surface area contributed by atoms with Crippen molar-refractivity contribution in [3.8, 4) is 5.75 Å². The van der Waals surface area contributed by atoms with Gasteiger partial charge in [0.2, 0.25) is 0 Å². The van der Waals surface area contributed by atoms with E-state index in [1.165, 1.54) is 4.90 Å². The Morgan fingerprint density at radius 3 is 2.64 bits per heavy atom. The quantitative estimate of drug-likeness (QED) is 0.604. The van der Waals surface area contributed by atoms with Crippen LogP contribution in [-0.4, -0.2) is 73.4 Å². The number of imidazole rings is 1. The fourth-order valence-corrected chi connectivity index (χ4v) is 3.86. The van der Waals surface area contributed by atoms with Gasteiger partial charge in [-0.1, -0.05) is 0 Å². The van der Waals surface area contributed by atoms with Gasteiger partial charge in [-0.2, -0.15) is 0 Å². The number of ether oxygens (including phenoxy) is 1. The predicted molar refractivity (Wildman–Crippen MR) is 122 cm³/mol. The number of pyridine rings is 1. The second-order valence-electron chi connectivity index (χ2n) is 8.37. The van der Waals surface area contributed by atoms with Gasteiger partial charge < -0.3 is 29.4 Å². The minimum absolute atomic E-state index is 0.113. The zero-order valence-corrected chi connectivity index (χ0v) is 19.0. The number of fused-ring (bicyclic) bond motifs is 1. The van der Waals surface area contributed by atoms with Crippen LogP contribution in [0.25, 0.3) is 5.65 Å². The molecular weight excluding hydrogens is 426 g/mol. The summed E-state index contributed by atoms with van der Waals surface area (Å²) in [6, 6.07) is 5.03. The van der Waals surface area contributed by atoms with Crippen molar-refractivity contribution in [1.29, 1.82) is 0 Å². The Morgan fingerprint density at radius 2 is 2.00 bits per heavy atom. The van der Waals surface area contributed by atoms with Gasteiger partial charge in [-0.05, 0) is 39.8 Å². The van der Waals surface area contributed by atoms with E-state index < -0.39 is 6.09 Å². The molecule has 0 spiro atoms. The number of carboxylic acid groups (broad SMARTS) is 1. The molecule has 4 heterocycles. The maximum Gasteiger partial charge on any atom is 0.407 e. The average Bonchev–Trinajstić information content (AvgIpc) is 3.11. The van der Waals surface area contributed by atoms with Crippen molar-refractivity contribution in [2.75, 3.05) is 29.9 Å². The normalized spacial score (nSPS) is 16.3. The average molecular weight is 454 g/mol. The number of aromatic nitrogens is 4. The molecule has 1 aliphatic heterocycles. The van der Waals surface area contributed by atoms with Crippen molar-refractivity contribution in [1.82, 2.24) is 24.5 Å². The van der Waals surface area contributed by atoms with Gasteiger partial charge in [0, 0.05) is 44.1 Å². The summed E-state index contributed by atoms with van der Waals surface area (Å²) in [5.74, 6) is 1.00. The van der Waals surface area contributed by atoms with E-state index in [1.807, 2.05) is 38.8 Å². The highest BCUT2D eigenvalue weighted by Gasteiger charge is 2.28. The lowest BCUT2D eigenvalue weighted by Gasteiger charge is -2.38. The van der Waals surface area contributed by atoms with Crippen LogP contribution in [0.4, 0.5) is 16.4 Å². The lowest BCUT2D eigenvalue weighted by Crippen LogP contribution is -2.54. The Balaban J connectivity index is 1.50. The van der Waals surface area contributed by atoms with Gasteiger partial charge in [0.15, 0.2) is 11.6 Å². The van der Waals surface area contributed by atoms with E-state index >= 15 is 0 Å². The van der Waals surface area contributed by atoms with Crippen LogP contribution < -0.4 is 15.0 Å². The molecule has 1 unspecified atom stereocenters. The molecule has 1 atom stereocenters. The first-order valence-electron chi connectivity index (χ1n) is 10.8. The van der Waals surface area contributed by atoms with Crippen LogP contribution in [0.3, 0.4) is 0 Å². The molecular formula is C22H27N7O4. The van der Waals surface area contributed by atoms with Crippen LogP contribution in [0.5, 0.6) is 5.75 Å². The van der Waals surface area contributed by atoms with E-state index in [-0.39, 0.29) is 18.1 Å². The van der Waals surface area contributed by atoms with Gasteiger partial charge in [-0.25, -0.2) is 9.78 Å². The summed E-state index contributed by atoms with van der Waals surface area (Å²) in [6.07, 6.45) is 2.49. The monoisotopic (exact) mass is 453 g/mol. The number of rotatable bonds is 5. The van der Waals surface area contributed by atoms with Gasteiger partial charge in [0.1, 0.15) is 11.4 Å². The van der Waals surface area contributed by atoms with Crippen LogP contribution in [0.2, 0.25) is 0 Å². The van der Waals surface area contributed by atoms with Crippen LogP contribution in [0.1, 0.15) is 36.8 Å². The number of carbonyl (C=O) groups is 2. The first-order chi connectivity index (χ1) is 15.7. The standard InChI is InChI=1S/C22H27N7O4/c1-13(2)33-17-9-20-23-14(3)10-28(20)12-16(17)21(30)24-18-5-6-19(26-25-18)27-7-8-29(22(31)32)15(4)11-27/h5-6,9-10,12-13,15H,7-8,11H2,1-4H3,(H,31,32)(H,24,25,30). The molecule has 0 bridgehead atoms. The summed E-state index contributed by atoms with van der Waals surface area (Å²) in [5.41, 5.74) is 1.89. The maximum atomic E-state index is 13.0. The third-order valence-corrected chi connectivity index (χ3v) is 5.37. The topological polar surface area (TPSA) is 125 Å². The molecule has 1 aliphatic rings. The molecule has 1 fully saturated rings. The highest BCUT2D eigenvalue weighted by atomic mass is 16.5. The van der Waals surface area contributed by atoms with Gasteiger partial charge in [0.05, 0.1) is 17.4 Å². The summed E-state index contributed by atoms with van der Waals surface area (Å²) in [5, 5.41) is 20.4. The van der Waals surface area contributed by atoms with Crippen LogP contribution >= 0.6 is 0 Å². The van der Waals surface area contributed by atoms with Crippen molar-refractivity contribution in [2.24, 2.45) is 0 Å². The molecule has 0 aromatic carbocycles. The van der Waals surface area contributed by atoms with Gasteiger partial charge in [-0.15, -0.1) is 10.2 Å². The van der Waals surface area contributed by atoms with Crippen LogP contribution in [0, 0.1) is 6.92 Å². The van der Waals surface area contributed by atoms with Crippen molar-refractivity contribution in [3.63, 3.8) is 0 Å². The third-order valence-electron chi connectivity index (χ3n) is 5.37. The first-order valence-corrected chi connectivity index (χ1v) is 10.8. The largest absolute Gasteiger partial charge is 0.490 e. The Morgan fingerprint density at radius 1 is 1.21 bits per heavy atom. The zero-order valence-electron chi connectivity index (χ0n) is 19.0. The molecule has 0 aliphatic carbocycles. The third kappa shape index (κ3) is 4.81. The lowest BCUT2D eigenvalue weighted by molar-refractivity contribution is 0.102. The molecule has 0 saturated carbocycles. The Kier molecular flexibility index (Phi) is 6.03. The minimum Gasteiger partial charge on any atom is -0.490 e. The Bertz CT molecular complexity index is 1180. The molecule has 33 heavy (non-hydrogen) atoms. The fourth-order valence-electron chi connectivity index (χ4n) is 3.86. The van der Waals surface area contributed by atoms with Gasteiger partial charge in [-0.3, -0.25) is 4.79 Å². The number of piperazine rings is 1. The van der Waals surface area contributed by atoms with Crippen molar-refractivity contribution >= 4 is 29.3 Å². The summed E-state index contributed by atoms with van der Waals surface area (Å²) in [4.78, 5) is 32.1. The van der Waals surface area contributed by atoms with E-state index in [0.29, 0.717) is 48.2 Å². The first kappa shape index (κ1) is 22.3. The highest BCUT2D eigenvalue weighted by Crippen LogP contribution is 2.24. The molecule has 3 aromatic heterocycles. The molecule has 2 N–H and O–H groups in total. The fraction of sp³-hybridized carbons (Fsp3) is 0.409. The summed E-state index contributed by atoms with van der Waals surface area (Å²) in [7, 11) is 0. The Labute approximate surface area is 191 Å².